The smallest absolute Gasteiger partial charge is 0.491 e. The summed E-state index contributed by atoms with van der Waals surface area (Å²) in [4.78, 5) is 16.3. The predicted octanol–water partition coefficient (Wildman–Crippen LogP) is 4.52. The van der Waals surface area contributed by atoms with Crippen LogP contribution >= 0.6 is 11.5 Å². The Morgan fingerprint density at radius 3 is 2.73 bits per heavy atom. The van der Waals surface area contributed by atoms with Gasteiger partial charge in [-0.25, -0.2) is 8.76 Å². The Morgan fingerprint density at radius 2 is 2.03 bits per heavy atom. The van der Waals surface area contributed by atoms with E-state index < -0.39 is 17.9 Å². The SMILES string of the molecule is Fc1ccccc1OC(F)(F)F.O=C(NC1CCOc2cccnc21)c1cnsc1. The lowest BCUT2D eigenvalue weighted by Crippen LogP contribution is -2.32. The van der Waals surface area contributed by atoms with Gasteiger partial charge in [-0.05, 0) is 35.8 Å². The van der Waals surface area contributed by atoms with Crippen molar-refractivity contribution < 1.29 is 31.8 Å². The van der Waals surface area contributed by atoms with Gasteiger partial charge in [0.05, 0.1) is 24.4 Å². The first-order chi connectivity index (χ1) is 14.3. The number of amides is 1. The molecule has 1 N–H and O–H groups in total. The first kappa shape index (κ1) is 21.5. The van der Waals surface area contributed by atoms with Gasteiger partial charge in [-0.2, -0.15) is 0 Å². The Balaban J connectivity index is 0.000000187. The van der Waals surface area contributed by atoms with Crippen LogP contribution in [0.5, 0.6) is 11.5 Å². The molecule has 2 aromatic heterocycles. The van der Waals surface area contributed by atoms with Crippen molar-refractivity contribution in [2.24, 2.45) is 0 Å². The predicted molar refractivity (Wildman–Crippen MR) is 99.8 cm³/mol. The number of hydrogen-bond acceptors (Lipinski definition) is 6. The molecule has 1 aliphatic heterocycles. The second-order valence-electron chi connectivity index (χ2n) is 5.94. The summed E-state index contributed by atoms with van der Waals surface area (Å²) in [6.45, 7) is 0.589. The number of ether oxygens (including phenoxy) is 2. The van der Waals surface area contributed by atoms with Gasteiger partial charge in [-0.3, -0.25) is 9.78 Å². The summed E-state index contributed by atoms with van der Waals surface area (Å²) in [6, 6.07) is 7.92. The van der Waals surface area contributed by atoms with E-state index in [0.29, 0.717) is 12.2 Å². The van der Waals surface area contributed by atoms with E-state index in [4.69, 9.17) is 4.74 Å². The molecular formula is C19H15F4N3O3S. The third kappa shape index (κ3) is 5.89. The second kappa shape index (κ2) is 9.53. The van der Waals surface area contributed by atoms with Crippen molar-refractivity contribution in [2.45, 2.75) is 18.8 Å². The minimum absolute atomic E-state index is 0.0950. The molecule has 0 saturated heterocycles. The fraction of sp³-hybridized carbons (Fsp3) is 0.211. The molecule has 3 heterocycles. The van der Waals surface area contributed by atoms with E-state index in [1.54, 1.807) is 17.8 Å². The lowest BCUT2D eigenvalue weighted by atomic mass is 10.1. The third-order valence-electron chi connectivity index (χ3n) is 3.86. The van der Waals surface area contributed by atoms with Crippen LogP contribution in [-0.4, -0.2) is 28.2 Å². The largest absolute Gasteiger partial charge is 0.573 e. The maximum atomic E-state index is 12.5. The summed E-state index contributed by atoms with van der Waals surface area (Å²) >= 11 is 1.26. The van der Waals surface area contributed by atoms with E-state index in [2.05, 4.69) is 19.4 Å². The number of benzene rings is 1. The molecule has 1 aromatic carbocycles. The molecule has 30 heavy (non-hydrogen) atoms. The van der Waals surface area contributed by atoms with E-state index in [-0.39, 0.29) is 11.9 Å². The van der Waals surface area contributed by atoms with Gasteiger partial charge in [-0.15, -0.1) is 13.2 Å². The van der Waals surface area contributed by atoms with Crippen molar-refractivity contribution in [1.82, 2.24) is 14.7 Å². The van der Waals surface area contributed by atoms with Crippen LogP contribution in [0.1, 0.15) is 28.5 Å². The van der Waals surface area contributed by atoms with Gasteiger partial charge in [0.1, 0.15) is 11.4 Å². The van der Waals surface area contributed by atoms with Crippen molar-refractivity contribution in [1.29, 1.82) is 0 Å². The highest BCUT2D eigenvalue weighted by molar-refractivity contribution is 7.03. The first-order valence-electron chi connectivity index (χ1n) is 8.62. The van der Waals surface area contributed by atoms with Crippen LogP contribution in [0.4, 0.5) is 17.6 Å². The van der Waals surface area contributed by atoms with Gasteiger partial charge in [0, 0.05) is 18.0 Å². The zero-order valence-electron chi connectivity index (χ0n) is 15.2. The number of carbonyl (C=O) groups is 1. The van der Waals surface area contributed by atoms with Crippen molar-refractivity contribution in [3.8, 4) is 11.5 Å². The zero-order chi connectivity index (χ0) is 21.6. The number of rotatable bonds is 3. The number of aromatic nitrogens is 2. The van der Waals surface area contributed by atoms with Gasteiger partial charge >= 0.3 is 6.36 Å². The summed E-state index contributed by atoms with van der Waals surface area (Å²) in [7, 11) is 0. The second-order valence-corrected chi connectivity index (χ2v) is 6.60. The summed E-state index contributed by atoms with van der Waals surface area (Å²) < 4.78 is 59.9. The number of carbonyl (C=O) groups excluding carboxylic acids is 1. The number of pyridine rings is 1. The summed E-state index contributed by atoms with van der Waals surface area (Å²) in [5, 5.41) is 4.69. The molecule has 0 saturated carbocycles. The standard InChI is InChI=1S/C12H11N3O2S.C7H4F4O/c16-12(8-6-14-18-7-8)15-9-3-5-17-10-2-1-4-13-11(9)10;8-5-3-1-2-4-6(5)12-7(9,10)11/h1-2,4,6-7,9H,3,5H2,(H,15,16);1-4H. The molecule has 4 rings (SSSR count). The minimum atomic E-state index is -4.85. The molecule has 0 bridgehead atoms. The molecule has 0 fully saturated rings. The van der Waals surface area contributed by atoms with E-state index in [1.807, 2.05) is 12.1 Å². The highest BCUT2D eigenvalue weighted by Crippen LogP contribution is 2.29. The Morgan fingerprint density at radius 1 is 1.23 bits per heavy atom. The van der Waals surface area contributed by atoms with Crippen molar-refractivity contribution in [3.63, 3.8) is 0 Å². The fourth-order valence-corrected chi connectivity index (χ4v) is 3.08. The maximum absolute atomic E-state index is 12.5. The van der Waals surface area contributed by atoms with Gasteiger partial charge < -0.3 is 14.8 Å². The highest BCUT2D eigenvalue weighted by Gasteiger charge is 2.32. The normalized spacial score (nSPS) is 15.1. The third-order valence-corrected chi connectivity index (χ3v) is 4.44. The molecule has 3 aromatic rings. The van der Waals surface area contributed by atoms with Gasteiger partial charge in [0.25, 0.3) is 5.91 Å². The average molecular weight is 441 g/mol. The van der Waals surface area contributed by atoms with Crippen molar-refractivity contribution in [3.05, 3.63) is 71.2 Å². The topological polar surface area (TPSA) is 73.3 Å². The van der Waals surface area contributed by atoms with Crippen LogP contribution in [0.2, 0.25) is 0 Å². The number of para-hydroxylation sites is 1. The molecule has 1 unspecified atom stereocenters. The monoisotopic (exact) mass is 441 g/mol. The van der Waals surface area contributed by atoms with Crippen molar-refractivity contribution in [2.75, 3.05) is 6.61 Å². The summed E-state index contributed by atoms with van der Waals surface area (Å²) in [5.41, 5.74) is 1.38. The molecule has 1 amide bonds. The molecule has 0 radical (unpaired) electrons. The van der Waals surface area contributed by atoms with Crippen LogP contribution in [-0.2, 0) is 0 Å². The first-order valence-corrected chi connectivity index (χ1v) is 9.45. The Kier molecular flexibility index (Phi) is 6.83. The summed E-state index contributed by atoms with van der Waals surface area (Å²) in [6.07, 6.45) is -0.840. The van der Waals surface area contributed by atoms with E-state index in [1.165, 1.54) is 23.7 Å². The number of halogens is 4. The lowest BCUT2D eigenvalue weighted by Gasteiger charge is -2.25. The minimum Gasteiger partial charge on any atom is -0.491 e. The van der Waals surface area contributed by atoms with E-state index in [0.717, 1.165) is 30.0 Å². The lowest BCUT2D eigenvalue weighted by molar-refractivity contribution is -0.275. The molecule has 11 heteroatoms. The fourth-order valence-electron chi connectivity index (χ4n) is 2.56. The number of nitrogens with zero attached hydrogens (tertiary/aromatic N) is 2. The zero-order valence-corrected chi connectivity index (χ0v) is 16.0. The molecule has 6 nitrogen and oxygen atoms in total. The van der Waals surface area contributed by atoms with E-state index in [9.17, 15) is 22.4 Å². The Hall–Kier alpha value is -3.21. The molecule has 0 aliphatic carbocycles. The van der Waals surface area contributed by atoms with E-state index >= 15 is 0 Å². The van der Waals surface area contributed by atoms with Gasteiger partial charge in [-0.1, -0.05) is 12.1 Å². The van der Waals surface area contributed by atoms with Crippen LogP contribution < -0.4 is 14.8 Å². The van der Waals surface area contributed by atoms with Crippen LogP contribution in [0.25, 0.3) is 0 Å². The molecule has 1 atom stereocenters. The van der Waals surface area contributed by atoms with Crippen LogP contribution in [0.15, 0.2) is 54.2 Å². The molecule has 1 aliphatic rings. The number of nitrogens with one attached hydrogen (secondary N) is 1. The number of alkyl halides is 3. The molecule has 158 valence electrons. The number of hydrogen-bond donors (Lipinski definition) is 1. The molecular weight excluding hydrogens is 426 g/mol. The van der Waals surface area contributed by atoms with Crippen LogP contribution in [0.3, 0.4) is 0 Å². The molecule has 0 spiro atoms. The van der Waals surface area contributed by atoms with Crippen molar-refractivity contribution >= 4 is 17.4 Å². The quantitative estimate of drug-likeness (QED) is 0.606. The van der Waals surface area contributed by atoms with Gasteiger partial charge in [0.15, 0.2) is 11.6 Å². The Bertz CT molecular complexity index is 983. The highest BCUT2D eigenvalue weighted by atomic mass is 32.1. The maximum Gasteiger partial charge on any atom is 0.573 e. The summed E-state index contributed by atoms with van der Waals surface area (Å²) in [5.74, 6) is -1.22. The Labute approximate surface area is 172 Å². The van der Waals surface area contributed by atoms with Gasteiger partial charge in [0.2, 0.25) is 0 Å². The average Bonchev–Trinajstić information content (AvgIpc) is 3.25. The number of fused-ring (bicyclic) bond motifs is 1. The van der Waals surface area contributed by atoms with Crippen LogP contribution in [0, 0.1) is 5.82 Å².